The molecule has 0 spiro atoms. The predicted molar refractivity (Wildman–Crippen MR) is 142 cm³/mol. The van der Waals surface area contributed by atoms with E-state index in [4.69, 9.17) is 16.3 Å². The highest BCUT2D eigenvalue weighted by atomic mass is 35.5. The van der Waals surface area contributed by atoms with Crippen LogP contribution in [-0.4, -0.2) is 62.8 Å². The van der Waals surface area contributed by atoms with Gasteiger partial charge in [0.2, 0.25) is 5.88 Å². The number of rotatable bonds is 7. The Hall–Kier alpha value is -2.59. The second-order valence-corrected chi connectivity index (χ2v) is 11.3. The van der Waals surface area contributed by atoms with Gasteiger partial charge in [0, 0.05) is 56.2 Å². The summed E-state index contributed by atoms with van der Waals surface area (Å²) in [5, 5.41) is 0.342. The van der Waals surface area contributed by atoms with Gasteiger partial charge in [0.15, 0.2) is 11.0 Å². The number of anilines is 1. The van der Waals surface area contributed by atoms with E-state index in [1.54, 1.807) is 30.5 Å². The topological polar surface area (TPSA) is 70.6 Å². The normalized spacial score (nSPS) is 16.1. The molecule has 1 aliphatic rings. The lowest BCUT2D eigenvalue weighted by molar-refractivity contribution is 0.0591. The van der Waals surface area contributed by atoms with Crippen LogP contribution in [0, 0.1) is 5.82 Å². The van der Waals surface area contributed by atoms with Crippen LogP contribution in [0.1, 0.15) is 26.3 Å². The summed E-state index contributed by atoms with van der Waals surface area (Å²) in [6, 6.07) is 10.1. The van der Waals surface area contributed by atoms with E-state index in [0.29, 0.717) is 33.4 Å². The number of nitrogens with one attached hydrogen (secondary N) is 1. The maximum absolute atomic E-state index is 15.1. The predicted octanol–water partition coefficient (Wildman–Crippen LogP) is 5.00. The van der Waals surface area contributed by atoms with Gasteiger partial charge in [-0.1, -0.05) is 17.7 Å². The Labute approximate surface area is 219 Å². The SMILES string of the molecule is COc1ncc(Cl)cc1S(=O)Nc1ccnc(-c2ccc(CN3CCN(C(C)(C)C)CC3)cc2F)c1. The third-order valence-corrected chi connectivity index (χ3v) is 7.50. The number of piperazine rings is 1. The van der Waals surface area contributed by atoms with E-state index in [1.807, 2.05) is 6.07 Å². The van der Waals surface area contributed by atoms with Gasteiger partial charge in [-0.3, -0.25) is 14.8 Å². The lowest BCUT2D eigenvalue weighted by Gasteiger charge is -2.42. The van der Waals surface area contributed by atoms with Crippen molar-refractivity contribution in [2.45, 2.75) is 37.8 Å². The van der Waals surface area contributed by atoms with Crippen LogP contribution < -0.4 is 9.46 Å². The van der Waals surface area contributed by atoms with Gasteiger partial charge in [0.25, 0.3) is 0 Å². The third-order valence-electron chi connectivity index (χ3n) is 6.19. The average Bonchev–Trinajstić information content (AvgIpc) is 2.84. The molecule has 1 unspecified atom stereocenters. The number of halogens is 2. The van der Waals surface area contributed by atoms with Gasteiger partial charge in [0.1, 0.15) is 10.7 Å². The number of pyridine rings is 2. The molecule has 3 aromatic rings. The Kier molecular flexibility index (Phi) is 8.24. The van der Waals surface area contributed by atoms with Crippen molar-refractivity contribution in [3.05, 3.63) is 65.2 Å². The van der Waals surface area contributed by atoms with Crippen LogP contribution in [0.3, 0.4) is 0 Å². The molecule has 1 aromatic carbocycles. The first-order valence-electron chi connectivity index (χ1n) is 11.7. The lowest BCUT2D eigenvalue weighted by atomic mass is 10.0. The van der Waals surface area contributed by atoms with Crippen LogP contribution in [0.2, 0.25) is 5.02 Å². The van der Waals surface area contributed by atoms with Gasteiger partial charge >= 0.3 is 0 Å². The number of methoxy groups -OCH3 is 1. The molecular weight excluding hydrogens is 501 g/mol. The highest BCUT2D eigenvalue weighted by Gasteiger charge is 2.25. The molecule has 1 atom stereocenters. The van der Waals surface area contributed by atoms with E-state index in [-0.39, 0.29) is 17.2 Å². The molecule has 0 bridgehead atoms. The number of nitrogens with zero attached hydrogens (tertiary/aromatic N) is 4. The summed E-state index contributed by atoms with van der Waals surface area (Å²) in [5.74, 6) is -0.131. The zero-order chi connectivity index (χ0) is 25.9. The van der Waals surface area contributed by atoms with Crippen molar-refractivity contribution in [3.8, 4) is 17.1 Å². The van der Waals surface area contributed by atoms with Gasteiger partial charge in [-0.15, -0.1) is 0 Å². The molecule has 10 heteroatoms. The molecule has 1 aliphatic heterocycles. The van der Waals surface area contributed by atoms with Crippen molar-refractivity contribution < 1.29 is 13.3 Å². The monoisotopic (exact) mass is 531 g/mol. The summed E-state index contributed by atoms with van der Waals surface area (Å²) in [6.45, 7) is 11.3. The first-order chi connectivity index (χ1) is 17.1. The number of hydrogen-bond acceptors (Lipinski definition) is 6. The number of benzene rings is 1. The molecule has 2 aromatic heterocycles. The van der Waals surface area contributed by atoms with Crippen LogP contribution in [0.4, 0.5) is 10.1 Å². The van der Waals surface area contributed by atoms with Gasteiger partial charge in [-0.25, -0.2) is 13.6 Å². The van der Waals surface area contributed by atoms with Crippen LogP contribution in [0.15, 0.2) is 53.7 Å². The maximum Gasteiger partial charge on any atom is 0.231 e. The van der Waals surface area contributed by atoms with Crippen LogP contribution in [0.25, 0.3) is 11.3 Å². The van der Waals surface area contributed by atoms with Crippen molar-refractivity contribution in [1.82, 2.24) is 19.8 Å². The van der Waals surface area contributed by atoms with Crippen LogP contribution >= 0.6 is 11.6 Å². The minimum absolute atomic E-state index is 0.167. The summed E-state index contributed by atoms with van der Waals surface area (Å²) < 4.78 is 36.1. The van der Waals surface area contributed by atoms with Crippen LogP contribution in [-0.2, 0) is 17.5 Å². The first kappa shape index (κ1) is 26.5. The molecule has 7 nitrogen and oxygen atoms in total. The van der Waals surface area contributed by atoms with E-state index in [1.165, 1.54) is 19.4 Å². The molecule has 3 heterocycles. The fourth-order valence-corrected chi connectivity index (χ4v) is 5.40. The summed E-state index contributed by atoms with van der Waals surface area (Å²) >= 11 is 6.01. The van der Waals surface area contributed by atoms with E-state index in [0.717, 1.165) is 31.7 Å². The average molecular weight is 532 g/mol. The minimum atomic E-state index is -1.70. The van der Waals surface area contributed by atoms with Crippen molar-refractivity contribution in [2.75, 3.05) is 38.0 Å². The lowest BCUT2D eigenvalue weighted by Crippen LogP contribution is -2.53. The molecule has 1 fully saturated rings. The van der Waals surface area contributed by atoms with E-state index in [9.17, 15) is 4.21 Å². The number of ether oxygens (including phenoxy) is 1. The highest BCUT2D eigenvalue weighted by molar-refractivity contribution is 7.86. The van der Waals surface area contributed by atoms with Crippen LogP contribution in [0.5, 0.6) is 5.88 Å². The van der Waals surface area contributed by atoms with Crippen molar-refractivity contribution in [1.29, 1.82) is 0 Å². The number of aromatic nitrogens is 2. The molecule has 1 saturated heterocycles. The molecule has 192 valence electrons. The molecule has 0 saturated carbocycles. The second kappa shape index (κ2) is 11.2. The summed E-state index contributed by atoms with van der Waals surface area (Å²) in [7, 11) is -0.251. The molecule has 0 radical (unpaired) electrons. The second-order valence-electron chi connectivity index (χ2n) is 9.71. The third kappa shape index (κ3) is 6.39. The largest absolute Gasteiger partial charge is 0.480 e. The van der Waals surface area contributed by atoms with E-state index in [2.05, 4.69) is 45.3 Å². The molecule has 1 N–H and O–H groups in total. The van der Waals surface area contributed by atoms with Gasteiger partial charge in [-0.2, -0.15) is 0 Å². The first-order valence-corrected chi connectivity index (χ1v) is 13.3. The van der Waals surface area contributed by atoms with Gasteiger partial charge in [0.05, 0.1) is 23.5 Å². The molecular formula is C26H31ClFN5O2S. The van der Waals surface area contributed by atoms with Gasteiger partial charge in [-0.05, 0) is 56.7 Å². The smallest absolute Gasteiger partial charge is 0.231 e. The molecule has 4 rings (SSSR count). The standard InChI is InChI=1S/C26H31ClFN5O2S/c1-26(2,3)33-11-9-32(10-12-33)17-18-5-6-21(22(28)13-18)23-15-20(7-8-29-23)31-36(34)24-14-19(27)16-30-25(24)35-4/h5-8,13-16H,9-12,17H2,1-4H3,(H,29,31). The summed E-state index contributed by atoms with van der Waals surface area (Å²) in [4.78, 5) is 13.5. The Morgan fingerprint density at radius 1 is 1.11 bits per heavy atom. The Bertz CT molecular complexity index is 1250. The highest BCUT2D eigenvalue weighted by Crippen LogP contribution is 2.27. The zero-order valence-corrected chi connectivity index (χ0v) is 22.5. The van der Waals surface area contributed by atoms with Gasteiger partial charge < -0.3 is 9.46 Å². The minimum Gasteiger partial charge on any atom is -0.480 e. The quantitative estimate of drug-likeness (QED) is 0.463. The van der Waals surface area contributed by atoms with Crippen molar-refractivity contribution in [2.24, 2.45) is 0 Å². The Morgan fingerprint density at radius 2 is 1.86 bits per heavy atom. The van der Waals surface area contributed by atoms with E-state index < -0.39 is 11.0 Å². The summed E-state index contributed by atoms with van der Waals surface area (Å²) in [6.07, 6.45) is 2.97. The molecule has 0 aliphatic carbocycles. The van der Waals surface area contributed by atoms with Crippen molar-refractivity contribution >= 4 is 28.3 Å². The summed E-state index contributed by atoms with van der Waals surface area (Å²) in [5.41, 5.74) is 2.43. The molecule has 0 amide bonds. The Balaban J connectivity index is 1.45. The van der Waals surface area contributed by atoms with Crippen molar-refractivity contribution in [3.63, 3.8) is 0 Å². The van der Waals surface area contributed by atoms with E-state index >= 15 is 4.39 Å². The zero-order valence-electron chi connectivity index (χ0n) is 20.9. The fraction of sp³-hybridized carbons (Fsp3) is 0.385. The Morgan fingerprint density at radius 3 is 2.53 bits per heavy atom. The maximum atomic E-state index is 15.1. The fourth-order valence-electron chi connectivity index (χ4n) is 4.20. The number of hydrogen-bond donors (Lipinski definition) is 1. The molecule has 36 heavy (non-hydrogen) atoms.